The average Bonchev–Trinajstić information content (AvgIpc) is 3.21. The third kappa shape index (κ3) is 23.6. The van der Waals surface area contributed by atoms with Crippen LogP contribution in [0.25, 0.3) is 0 Å². The first-order valence-corrected chi connectivity index (χ1v) is 20.3. The second-order valence-corrected chi connectivity index (χ2v) is 14.8. The van der Waals surface area contributed by atoms with Crippen LogP contribution in [0.1, 0.15) is 56.7 Å². The fraction of sp³-hybridized carbons (Fsp3) is 0.409. The summed E-state index contributed by atoms with van der Waals surface area (Å²) in [7, 11) is 0. The third-order valence-corrected chi connectivity index (χ3v) is 10.1. The number of rotatable bonds is 4. The van der Waals surface area contributed by atoms with Crippen molar-refractivity contribution in [2.24, 2.45) is 0 Å². The van der Waals surface area contributed by atoms with Crippen molar-refractivity contribution < 1.29 is 0 Å². The van der Waals surface area contributed by atoms with Crippen molar-refractivity contribution >= 4 is 136 Å². The molecule has 0 radical (unpaired) electrons. The molecule has 4 aromatic heterocycles. The van der Waals surface area contributed by atoms with Crippen LogP contribution >= 0.6 is 136 Å². The first kappa shape index (κ1) is 65.4. The maximum absolute atomic E-state index is 5.03. The molecule has 0 saturated carbocycles. The molecule has 1 aromatic carbocycles. The van der Waals surface area contributed by atoms with Gasteiger partial charge in [0.05, 0.1) is 45.6 Å². The quantitative estimate of drug-likeness (QED) is 0.105. The van der Waals surface area contributed by atoms with Gasteiger partial charge in [-0.15, -0.1) is 136 Å². The van der Waals surface area contributed by atoms with Crippen molar-refractivity contribution in [3.05, 3.63) is 154 Å². The molecule has 8 bridgehead atoms. The van der Waals surface area contributed by atoms with Crippen molar-refractivity contribution in [2.45, 2.75) is 65.4 Å². The van der Waals surface area contributed by atoms with Gasteiger partial charge in [0.2, 0.25) is 0 Å². The van der Waals surface area contributed by atoms with Gasteiger partial charge in [-0.25, -0.2) is 0 Å². The number of benzene rings is 1. The molecule has 6 heterocycles. The molecule has 0 saturated heterocycles. The summed E-state index contributed by atoms with van der Waals surface area (Å²) >= 11 is 0. The van der Waals surface area contributed by atoms with E-state index in [1.807, 2.05) is 0 Å². The van der Waals surface area contributed by atoms with Crippen molar-refractivity contribution in [3.8, 4) is 0 Å². The first-order chi connectivity index (χ1) is 27.7. The SMILES string of the molecule is Br.Br.Br.Br.Br.Br.Br.Br.c1cc2nc(c1)CNCCN(Cc1ccc(CN3CCNCc4cccc(n4)CNCCNCc4cccc(n4)C3)cc1)Cc1cccc(n1)CNCCNC2. The highest BCUT2D eigenvalue weighted by Crippen LogP contribution is 2.15. The van der Waals surface area contributed by atoms with Crippen LogP contribution in [0, 0.1) is 0 Å². The summed E-state index contributed by atoms with van der Waals surface area (Å²) in [4.78, 5) is 24.8. The van der Waals surface area contributed by atoms with E-state index >= 15 is 0 Å². The van der Waals surface area contributed by atoms with E-state index in [2.05, 4.69) is 139 Å². The number of pyridine rings is 4. The smallest absolute Gasteiger partial charge is 0.0548 e. The molecule has 0 fully saturated rings. The number of hydrogen-bond donors (Lipinski definition) is 6. The highest BCUT2D eigenvalue weighted by molar-refractivity contribution is 8.93. The Balaban J connectivity index is 0. The van der Waals surface area contributed by atoms with Crippen LogP contribution in [-0.2, 0) is 65.4 Å². The minimum Gasteiger partial charge on any atom is -0.310 e. The zero-order chi connectivity index (χ0) is 38.0. The van der Waals surface area contributed by atoms with Gasteiger partial charge in [0.1, 0.15) is 0 Å². The lowest BCUT2D eigenvalue weighted by Gasteiger charge is -2.24. The molecule has 20 heteroatoms. The Hall–Kier alpha value is -0.660. The Bertz CT molecular complexity index is 1820. The largest absolute Gasteiger partial charge is 0.310 e. The Morgan fingerprint density at radius 1 is 0.312 bits per heavy atom. The molecule has 0 spiro atoms. The summed E-state index contributed by atoms with van der Waals surface area (Å²) < 4.78 is 0. The van der Waals surface area contributed by atoms with Gasteiger partial charge >= 0.3 is 0 Å². The number of hydrogen-bond acceptors (Lipinski definition) is 12. The van der Waals surface area contributed by atoms with Gasteiger partial charge < -0.3 is 31.9 Å². The number of fused-ring (bicyclic) bond motifs is 8. The molecule has 0 aliphatic carbocycles. The van der Waals surface area contributed by atoms with Crippen LogP contribution < -0.4 is 31.9 Å². The summed E-state index contributed by atoms with van der Waals surface area (Å²) in [6.45, 7) is 14.8. The second-order valence-electron chi connectivity index (χ2n) is 14.8. The fourth-order valence-corrected chi connectivity index (χ4v) is 7.16. The van der Waals surface area contributed by atoms with Gasteiger partial charge in [0.25, 0.3) is 0 Å². The van der Waals surface area contributed by atoms with E-state index in [-0.39, 0.29) is 136 Å². The number of halogens is 8. The summed E-state index contributed by atoms with van der Waals surface area (Å²) in [5.41, 5.74) is 11.2. The first-order valence-electron chi connectivity index (χ1n) is 20.3. The average molecular weight is 1400 g/mol. The topological polar surface area (TPSA) is 130 Å². The van der Waals surface area contributed by atoms with E-state index in [9.17, 15) is 0 Å². The predicted molar refractivity (Wildman–Crippen MR) is 304 cm³/mol. The van der Waals surface area contributed by atoms with Crippen molar-refractivity contribution in [2.75, 3.05) is 52.4 Å². The third-order valence-electron chi connectivity index (χ3n) is 10.1. The number of nitrogens with zero attached hydrogens (tertiary/aromatic N) is 6. The second kappa shape index (κ2) is 37.3. The summed E-state index contributed by atoms with van der Waals surface area (Å²) in [6.07, 6.45) is 0. The van der Waals surface area contributed by atoms with Crippen LogP contribution in [-0.4, -0.2) is 82.1 Å². The molecular weight excluding hydrogens is 1340 g/mol. The van der Waals surface area contributed by atoms with Gasteiger partial charge in [0, 0.05) is 118 Å². The standard InChI is InChI=1S/C44H58N12.8BrH/c1-5-37-25-45-17-19-47-27-41-9-3-11-43(53-41)33-55(23-21-49-29-39(7-1)51-37)31-35-13-15-36(16-14-35)32-56-24-22-50-30-40-8-2-6-38(52-40)26-46-18-20-48-28-42-10-4-12-44(34-56)54-42;;;;;;;;/h1-16,45-50H,17-34H2;8*1H. The molecule has 0 unspecified atom stereocenters. The Kier molecular flexibility index (Phi) is 38.1. The van der Waals surface area contributed by atoms with Gasteiger partial charge in [0.15, 0.2) is 0 Å². The molecule has 64 heavy (non-hydrogen) atoms. The number of aromatic nitrogens is 4. The maximum atomic E-state index is 5.03. The lowest BCUT2D eigenvalue weighted by Crippen LogP contribution is -2.32. The highest BCUT2D eigenvalue weighted by Gasteiger charge is 2.13. The van der Waals surface area contributed by atoms with E-state index < -0.39 is 0 Å². The minimum atomic E-state index is 0. The Labute approximate surface area is 464 Å². The Morgan fingerprint density at radius 2 is 0.547 bits per heavy atom. The highest BCUT2D eigenvalue weighted by atomic mass is 79.9. The molecular formula is C44H66Br8N12. The monoisotopic (exact) mass is 1390 g/mol. The van der Waals surface area contributed by atoms with Gasteiger partial charge in [-0.2, -0.15) is 0 Å². The minimum absolute atomic E-state index is 0. The van der Waals surface area contributed by atoms with Gasteiger partial charge in [-0.05, 0) is 59.7 Å². The van der Waals surface area contributed by atoms with Gasteiger partial charge in [-0.3, -0.25) is 29.7 Å². The summed E-state index contributed by atoms with van der Waals surface area (Å²) in [6, 6.07) is 34.6. The molecule has 0 amide bonds. The van der Waals surface area contributed by atoms with Crippen molar-refractivity contribution in [1.29, 1.82) is 0 Å². The van der Waals surface area contributed by atoms with Crippen molar-refractivity contribution in [1.82, 2.24) is 61.6 Å². The van der Waals surface area contributed by atoms with E-state index in [0.717, 1.165) is 163 Å². The lowest BCUT2D eigenvalue weighted by molar-refractivity contribution is 0.250. The van der Waals surface area contributed by atoms with Crippen LogP contribution in [0.2, 0.25) is 0 Å². The number of nitrogens with one attached hydrogen (secondary N) is 6. The van der Waals surface area contributed by atoms with E-state index in [0.29, 0.717) is 0 Å². The fourth-order valence-electron chi connectivity index (χ4n) is 7.16. The van der Waals surface area contributed by atoms with E-state index in [4.69, 9.17) is 19.9 Å². The van der Waals surface area contributed by atoms with Gasteiger partial charge in [-0.1, -0.05) is 48.5 Å². The van der Waals surface area contributed by atoms with Crippen LogP contribution in [0.3, 0.4) is 0 Å². The lowest BCUT2D eigenvalue weighted by atomic mass is 10.1. The molecule has 2 aliphatic heterocycles. The molecule has 7 rings (SSSR count). The van der Waals surface area contributed by atoms with E-state index in [1.165, 1.54) is 11.1 Å². The summed E-state index contributed by atoms with van der Waals surface area (Å²) in [5.74, 6) is 0. The Morgan fingerprint density at radius 3 is 0.828 bits per heavy atom. The van der Waals surface area contributed by atoms with E-state index in [1.54, 1.807) is 0 Å². The van der Waals surface area contributed by atoms with Crippen LogP contribution in [0.15, 0.2) is 97.1 Å². The molecule has 0 atom stereocenters. The zero-order valence-corrected chi connectivity index (χ0v) is 49.6. The maximum Gasteiger partial charge on any atom is 0.0548 e. The molecule has 358 valence electrons. The van der Waals surface area contributed by atoms with Crippen molar-refractivity contribution in [3.63, 3.8) is 0 Å². The molecule has 2 aliphatic rings. The molecule has 5 aromatic rings. The van der Waals surface area contributed by atoms with Crippen LogP contribution in [0.5, 0.6) is 0 Å². The van der Waals surface area contributed by atoms with Crippen LogP contribution in [0.4, 0.5) is 0 Å². The molecule has 6 N–H and O–H groups in total. The summed E-state index contributed by atoms with van der Waals surface area (Å²) in [5, 5.41) is 21.4. The zero-order valence-electron chi connectivity index (χ0n) is 35.9. The normalized spacial score (nSPS) is 15.6. The molecule has 12 nitrogen and oxygen atoms in total. The predicted octanol–water partition coefficient (Wildman–Crippen LogP) is 7.86.